The third-order valence-electron chi connectivity index (χ3n) is 7.91. The van der Waals surface area contributed by atoms with Crippen LogP contribution in [0.1, 0.15) is 40.8 Å². The molecular weight excluding hydrogens is 654 g/mol. The van der Waals surface area contributed by atoms with Gasteiger partial charge in [0.1, 0.15) is 30.0 Å². The van der Waals surface area contributed by atoms with E-state index in [9.17, 15) is 14.7 Å². The summed E-state index contributed by atoms with van der Waals surface area (Å²) in [5.74, 6) is 0.0456. The molecule has 7 rings (SSSR count). The number of carbonyl (C=O) groups is 2. The maximum absolute atomic E-state index is 13.8. The van der Waals surface area contributed by atoms with Gasteiger partial charge in [0.15, 0.2) is 4.34 Å². The number of fused-ring (bicyclic) bond motifs is 1. The number of benzene rings is 4. The van der Waals surface area contributed by atoms with Gasteiger partial charge in [-0.05, 0) is 71.6 Å². The number of amides is 1. The highest BCUT2D eigenvalue weighted by atomic mass is 35.5. The number of carbonyl (C=O) groups excluding carboxylic acids is 2. The second kappa shape index (κ2) is 13.2. The Labute approximate surface area is 284 Å². The summed E-state index contributed by atoms with van der Waals surface area (Å²) in [6.45, 7) is 2.31. The third-order valence-corrected chi connectivity index (χ3v) is 10.3. The van der Waals surface area contributed by atoms with E-state index in [0.29, 0.717) is 45.0 Å². The highest BCUT2D eigenvalue weighted by Gasteiger charge is 2.48. The minimum absolute atomic E-state index is 0.00997. The van der Waals surface area contributed by atoms with Crippen molar-refractivity contribution in [3.63, 3.8) is 0 Å². The van der Waals surface area contributed by atoms with E-state index in [1.54, 1.807) is 24.3 Å². The Morgan fingerprint density at radius 1 is 1.00 bits per heavy atom. The van der Waals surface area contributed by atoms with Crippen LogP contribution in [0.25, 0.3) is 5.76 Å². The van der Waals surface area contributed by atoms with Crippen LogP contribution >= 0.6 is 34.7 Å². The maximum atomic E-state index is 13.8. The first kappa shape index (κ1) is 31.0. The Kier molecular flexibility index (Phi) is 8.72. The molecule has 1 amide bonds. The summed E-state index contributed by atoms with van der Waals surface area (Å²) in [5.41, 5.74) is 3.95. The Morgan fingerprint density at radius 2 is 1.81 bits per heavy atom. The topological polar surface area (TPSA) is 102 Å². The first-order valence-electron chi connectivity index (χ1n) is 14.9. The van der Waals surface area contributed by atoms with Gasteiger partial charge in [0.2, 0.25) is 5.13 Å². The average molecular weight is 682 g/mol. The molecule has 3 heterocycles. The van der Waals surface area contributed by atoms with Crippen LogP contribution in [-0.2, 0) is 28.4 Å². The number of anilines is 1. The van der Waals surface area contributed by atoms with Gasteiger partial charge in [-0.3, -0.25) is 14.5 Å². The van der Waals surface area contributed by atoms with Crippen LogP contribution in [0.3, 0.4) is 0 Å². The molecule has 8 nitrogen and oxygen atoms in total. The number of Topliss-reactive ketones (excluding diaryl/α,β-unsaturated/α-hetero) is 1. The number of aromatic nitrogens is 2. The summed E-state index contributed by atoms with van der Waals surface area (Å²) in [7, 11) is 0. The SMILES string of the molecule is C[C@H]1Cc2cc(C(O)=C3C(=O)C(=O)N(c4nnc(SCc5ccc(Cl)cc5)s4)[C@H]3c3cccc(OCc4ccccc4)c3)ccc2O1. The highest BCUT2D eigenvalue weighted by Crippen LogP contribution is 2.45. The van der Waals surface area contributed by atoms with Crippen molar-refractivity contribution in [2.75, 3.05) is 4.90 Å². The number of nitrogens with zero attached hydrogens (tertiary/aromatic N) is 3. The monoisotopic (exact) mass is 681 g/mol. The van der Waals surface area contributed by atoms with Gasteiger partial charge in [0.05, 0.1) is 11.6 Å². The lowest BCUT2D eigenvalue weighted by Gasteiger charge is -2.23. The first-order valence-corrected chi connectivity index (χ1v) is 17.1. The molecule has 2 aliphatic heterocycles. The van der Waals surface area contributed by atoms with Gasteiger partial charge in [0, 0.05) is 22.8 Å². The Bertz CT molecular complexity index is 2000. The van der Waals surface area contributed by atoms with E-state index in [1.807, 2.05) is 79.7 Å². The molecule has 1 aromatic heterocycles. The molecule has 0 saturated carbocycles. The number of ether oxygens (including phenoxy) is 2. The van der Waals surface area contributed by atoms with Crippen LogP contribution in [0.15, 0.2) is 107 Å². The molecule has 1 saturated heterocycles. The van der Waals surface area contributed by atoms with Crippen molar-refractivity contribution < 1.29 is 24.2 Å². The summed E-state index contributed by atoms with van der Waals surface area (Å²) in [4.78, 5) is 28.9. The predicted molar refractivity (Wildman–Crippen MR) is 183 cm³/mol. The molecule has 0 bridgehead atoms. The molecule has 0 unspecified atom stereocenters. The number of hydrogen-bond acceptors (Lipinski definition) is 9. The van der Waals surface area contributed by atoms with Crippen LogP contribution < -0.4 is 14.4 Å². The molecule has 5 aromatic rings. The zero-order valence-electron chi connectivity index (χ0n) is 25.1. The van der Waals surface area contributed by atoms with E-state index in [2.05, 4.69) is 10.2 Å². The molecule has 0 radical (unpaired) electrons. The molecule has 0 aliphatic carbocycles. The van der Waals surface area contributed by atoms with Crippen molar-refractivity contribution in [2.24, 2.45) is 0 Å². The van der Waals surface area contributed by atoms with Gasteiger partial charge >= 0.3 is 5.91 Å². The smallest absolute Gasteiger partial charge is 0.301 e. The average Bonchev–Trinajstić information content (AvgIpc) is 3.78. The third kappa shape index (κ3) is 6.49. The highest BCUT2D eigenvalue weighted by molar-refractivity contribution is 8.00. The van der Waals surface area contributed by atoms with E-state index >= 15 is 0 Å². The van der Waals surface area contributed by atoms with Crippen LogP contribution in [0.5, 0.6) is 11.5 Å². The summed E-state index contributed by atoms with van der Waals surface area (Å²) >= 11 is 8.70. The van der Waals surface area contributed by atoms with E-state index < -0.39 is 17.7 Å². The summed E-state index contributed by atoms with van der Waals surface area (Å²) in [6.07, 6.45) is 0.687. The fourth-order valence-corrected chi connectivity index (χ4v) is 7.62. The number of hydrogen-bond donors (Lipinski definition) is 1. The van der Waals surface area contributed by atoms with Gasteiger partial charge in [-0.25, -0.2) is 0 Å². The molecule has 1 fully saturated rings. The molecule has 1 N–H and O–H groups in total. The molecule has 2 aliphatic rings. The van der Waals surface area contributed by atoms with Crippen molar-refractivity contribution in [2.45, 2.75) is 42.2 Å². The number of ketones is 1. The van der Waals surface area contributed by atoms with Crippen LogP contribution in [0.4, 0.5) is 5.13 Å². The maximum Gasteiger partial charge on any atom is 0.301 e. The van der Waals surface area contributed by atoms with Gasteiger partial charge in [-0.1, -0.05) is 89.3 Å². The zero-order valence-corrected chi connectivity index (χ0v) is 27.5. The second-order valence-corrected chi connectivity index (χ2v) is 13.9. The zero-order chi connectivity index (χ0) is 32.5. The lowest BCUT2D eigenvalue weighted by molar-refractivity contribution is -0.132. The number of halogens is 1. The Balaban J connectivity index is 1.25. The number of rotatable bonds is 9. The second-order valence-electron chi connectivity index (χ2n) is 11.2. The first-order chi connectivity index (χ1) is 22.8. The van der Waals surface area contributed by atoms with E-state index in [4.69, 9.17) is 21.1 Å². The van der Waals surface area contributed by atoms with Gasteiger partial charge in [-0.2, -0.15) is 0 Å². The van der Waals surface area contributed by atoms with Gasteiger partial charge in [0.25, 0.3) is 5.78 Å². The molecule has 47 heavy (non-hydrogen) atoms. The normalized spacial score (nSPS) is 18.3. The molecular formula is C36H28ClN3O5S2. The quantitative estimate of drug-likeness (QED) is 0.0549. The molecule has 0 spiro atoms. The van der Waals surface area contributed by atoms with Crippen LogP contribution in [-0.4, -0.2) is 33.1 Å². The minimum Gasteiger partial charge on any atom is -0.507 e. The lowest BCUT2D eigenvalue weighted by Crippen LogP contribution is -2.29. The fourth-order valence-electron chi connectivity index (χ4n) is 5.67. The Hall–Kier alpha value is -4.64. The molecule has 2 atom stereocenters. The van der Waals surface area contributed by atoms with E-state index in [-0.39, 0.29) is 22.6 Å². The largest absolute Gasteiger partial charge is 0.507 e. The van der Waals surface area contributed by atoms with E-state index in [1.165, 1.54) is 28.0 Å². The summed E-state index contributed by atoms with van der Waals surface area (Å²) in [5, 5.41) is 21.3. The van der Waals surface area contributed by atoms with Gasteiger partial charge in [-0.15, -0.1) is 10.2 Å². The molecule has 236 valence electrons. The Morgan fingerprint density at radius 3 is 2.62 bits per heavy atom. The number of thioether (sulfide) groups is 1. The predicted octanol–water partition coefficient (Wildman–Crippen LogP) is 8.01. The van der Waals surface area contributed by atoms with Crippen molar-refractivity contribution in [1.29, 1.82) is 0 Å². The number of aliphatic hydroxyl groups excluding tert-OH is 1. The van der Waals surface area contributed by atoms with Crippen LogP contribution in [0.2, 0.25) is 5.02 Å². The molecule has 11 heteroatoms. The number of aliphatic hydroxyl groups is 1. The van der Waals surface area contributed by atoms with Crippen molar-refractivity contribution >= 4 is 57.3 Å². The summed E-state index contributed by atoms with van der Waals surface area (Å²) in [6, 6.07) is 28.8. The van der Waals surface area contributed by atoms with E-state index in [0.717, 1.165) is 22.4 Å². The van der Waals surface area contributed by atoms with Crippen molar-refractivity contribution in [3.8, 4) is 11.5 Å². The minimum atomic E-state index is -0.972. The lowest BCUT2D eigenvalue weighted by atomic mass is 9.94. The standard InChI is InChI=1S/C36H28ClN3O5S2/c1-21-16-26-17-25(12-15-29(26)45-21)32(41)30-31(24-8-5-9-28(18-24)44-19-22-6-3-2-4-7-22)40(34(43)33(30)42)35-38-39-36(47-35)46-20-23-10-13-27(37)14-11-23/h2-15,17-18,21,31,41H,16,19-20H2,1H3/t21-,31-/m0/s1. The van der Waals surface area contributed by atoms with Gasteiger partial charge < -0.3 is 14.6 Å². The van der Waals surface area contributed by atoms with Crippen LogP contribution in [0, 0.1) is 0 Å². The molecule has 4 aromatic carbocycles. The van der Waals surface area contributed by atoms with Crippen molar-refractivity contribution in [1.82, 2.24) is 10.2 Å². The van der Waals surface area contributed by atoms with Crippen molar-refractivity contribution in [3.05, 3.63) is 135 Å². The summed E-state index contributed by atoms with van der Waals surface area (Å²) < 4.78 is 12.6. The fraction of sp³-hybridized carbons (Fsp3) is 0.167.